The number of amides is 4. The van der Waals surface area contributed by atoms with Gasteiger partial charge < -0.3 is 30.7 Å². The number of benzene rings is 1. The van der Waals surface area contributed by atoms with Crippen LogP contribution in [0.3, 0.4) is 0 Å². The lowest BCUT2D eigenvalue weighted by atomic mass is 10.0. The Balaban J connectivity index is 2.00. The number of ether oxygens (including phenoxy) is 1. The van der Waals surface area contributed by atoms with E-state index in [1.54, 1.807) is 6.92 Å². The summed E-state index contributed by atoms with van der Waals surface area (Å²) in [6.07, 6.45) is -0.0395. The number of thiol groups is 1. The van der Waals surface area contributed by atoms with Crippen LogP contribution in [0.4, 0.5) is 4.79 Å². The summed E-state index contributed by atoms with van der Waals surface area (Å²) < 4.78 is 5.30. The van der Waals surface area contributed by atoms with Gasteiger partial charge in [-0.15, -0.1) is 0 Å². The molecule has 5 unspecified atom stereocenters. The van der Waals surface area contributed by atoms with E-state index in [0.717, 1.165) is 5.56 Å². The Morgan fingerprint density at radius 2 is 1.76 bits per heavy atom. The number of aliphatic hydroxyl groups is 1. The van der Waals surface area contributed by atoms with Crippen LogP contribution in [0.5, 0.6) is 0 Å². The van der Waals surface area contributed by atoms with Crippen LogP contribution in [0.1, 0.15) is 52.5 Å². The lowest BCUT2D eigenvalue weighted by molar-refractivity contribution is -0.141. The number of aliphatic hydroxyl groups excluding tert-OH is 1. The summed E-state index contributed by atoms with van der Waals surface area (Å²) in [5.41, 5.74) is 0.827. The Labute approximate surface area is 224 Å². The van der Waals surface area contributed by atoms with Crippen LogP contribution < -0.4 is 16.0 Å². The summed E-state index contributed by atoms with van der Waals surface area (Å²) in [5, 5.41) is 17.7. The fraction of sp³-hybridized carbons (Fsp3) is 0.615. The molecule has 1 fully saturated rings. The zero-order chi connectivity index (χ0) is 27.5. The number of nitrogens with one attached hydrogen (secondary N) is 3. The Hall–Kier alpha value is -2.79. The summed E-state index contributed by atoms with van der Waals surface area (Å²) >= 11 is 4.13. The molecule has 37 heavy (non-hydrogen) atoms. The van der Waals surface area contributed by atoms with Gasteiger partial charge >= 0.3 is 6.09 Å². The first-order valence-corrected chi connectivity index (χ1v) is 13.3. The molecule has 4 N–H and O–H groups in total. The minimum atomic E-state index is -0.872. The Morgan fingerprint density at radius 3 is 2.35 bits per heavy atom. The number of hydrogen-bond donors (Lipinski definition) is 5. The van der Waals surface area contributed by atoms with E-state index in [1.807, 2.05) is 44.2 Å². The summed E-state index contributed by atoms with van der Waals surface area (Å²) in [6, 6.07) is 6.20. The molecule has 1 heterocycles. The van der Waals surface area contributed by atoms with Gasteiger partial charge in [-0.05, 0) is 44.6 Å². The van der Waals surface area contributed by atoms with E-state index in [0.29, 0.717) is 25.8 Å². The highest BCUT2D eigenvalue weighted by Crippen LogP contribution is 2.21. The first-order valence-electron chi connectivity index (χ1n) is 12.7. The molecule has 1 aliphatic rings. The molecule has 0 aliphatic carbocycles. The van der Waals surface area contributed by atoms with Gasteiger partial charge in [0.15, 0.2) is 0 Å². The molecule has 2 rings (SSSR count). The maximum absolute atomic E-state index is 13.4. The average Bonchev–Trinajstić information content (AvgIpc) is 3.35. The number of hydrogen-bond acceptors (Lipinski definition) is 7. The van der Waals surface area contributed by atoms with Crippen LogP contribution in [0.2, 0.25) is 0 Å². The van der Waals surface area contributed by atoms with E-state index in [9.17, 15) is 24.3 Å². The van der Waals surface area contributed by atoms with Crippen molar-refractivity contribution < 1.29 is 29.0 Å². The van der Waals surface area contributed by atoms with Crippen molar-refractivity contribution in [2.24, 2.45) is 5.92 Å². The number of alkyl carbamates (subject to hydrolysis) is 1. The van der Waals surface area contributed by atoms with Crippen molar-refractivity contribution >= 4 is 36.4 Å². The summed E-state index contributed by atoms with van der Waals surface area (Å²) in [6.45, 7) is 7.42. The molecule has 1 aromatic rings. The largest absolute Gasteiger partial charge is 0.445 e. The summed E-state index contributed by atoms with van der Waals surface area (Å²) in [4.78, 5) is 52.9. The first kappa shape index (κ1) is 30.4. The number of likely N-dealkylation sites (tertiary alicyclic amines) is 1. The molecule has 4 amide bonds. The number of carbonyl (C=O) groups is 4. The van der Waals surface area contributed by atoms with Crippen LogP contribution in [0.25, 0.3) is 0 Å². The van der Waals surface area contributed by atoms with E-state index in [2.05, 4.69) is 28.6 Å². The molecule has 0 bridgehead atoms. The van der Waals surface area contributed by atoms with Crippen LogP contribution in [-0.2, 0) is 25.7 Å². The summed E-state index contributed by atoms with van der Waals surface area (Å²) in [5.74, 6) is -0.903. The lowest BCUT2D eigenvalue weighted by Gasteiger charge is -2.30. The highest BCUT2D eigenvalue weighted by Gasteiger charge is 2.38. The molecule has 11 heteroatoms. The second kappa shape index (κ2) is 14.8. The van der Waals surface area contributed by atoms with Crippen molar-refractivity contribution in [2.75, 3.05) is 12.3 Å². The molecule has 5 atom stereocenters. The van der Waals surface area contributed by atoms with Gasteiger partial charge in [-0.2, -0.15) is 12.6 Å². The van der Waals surface area contributed by atoms with Crippen molar-refractivity contribution in [3.05, 3.63) is 35.9 Å². The van der Waals surface area contributed by atoms with Crippen molar-refractivity contribution in [3.63, 3.8) is 0 Å². The fourth-order valence-corrected chi connectivity index (χ4v) is 4.50. The van der Waals surface area contributed by atoms with Crippen molar-refractivity contribution in [2.45, 2.75) is 83.8 Å². The van der Waals surface area contributed by atoms with Crippen LogP contribution in [0, 0.1) is 5.92 Å². The van der Waals surface area contributed by atoms with Gasteiger partial charge in [-0.25, -0.2) is 4.79 Å². The van der Waals surface area contributed by atoms with Crippen molar-refractivity contribution in [1.29, 1.82) is 0 Å². The molecule has 0 aromatic heterocycles. The Bertz CT molecular complexity index is 914. The number of rotatable bonds is 12. The third-order valence-electron chi connectivity index (χ3n) is 6.21. The third kappa shape index (κ3) is 9.55. The molecule has 0 spiro atoms. The Kier molecular flexibility index (Phi) is 12.2. The fourth-order valence-electron chi connectivity index (χ4n) is 4.10. The second-order valence-corrected chi connectivity index (χ2v) is 10.2. The quantitative estimate of drug-likeness (QED) is 0.258. The third-order valence-corrected chi connectivity index (χ3v) is 6.60. The molecule has 0 radical (unpaired) electrons. The zero-order valence-electron chi connectivity index (χ0n) is 22.0. The van der Waals surface area contributed by atoms with E-state index in [1.165, 1.54) is 11.8 Å². The van der Waals surface area contributed by atoms with Gasteiger partial charge in [0.25, 0.3) is 0 Å². The molecule has 10 nitrogen and oxygen atoms in total. The molecule has 1 saturated heterocycles. The lowest BCUT2D eigenvalue weighted by Crippen LogP contribution is -2.57. The molecule has 0 saturated carbocycles. The predicted molar refractivity (Wildman–Crippen MR) is 143 cm³/mol. The molecular weight excluding hydrogens is 496 g/mol. The van der Waals surface area contributed by atoms with Crippen molar-refractivity contribution in [1.82, 2.24) is 20.9 Å². The molecule has 1 aromatic carbocycles. The maximum Gasteiger partial charge on any atom is 0.408 e. The second-order valence-electron chi connectivity index (χ2n) is 9.85. The molecule has 1 aliphatic heterocycles. The van der Waals surface area contributed by atoms with E-state index in [4.69, 9.17) is 4.74 Å². The highest BCUT2D eigenvalue weighted by atomic mass is 32.1. The maximum atomic E-state index is 13.4. The first-order chi connectivity index (χ1) is 17.5. The zero-order valence-corrected chi connectivity index (χ0v) is 22.9. The van der Waals surface area contributed by atoms with Gasteiger partial charge in [0.1, 0.15) is 24.7 Å². The van der Waals surface area contributed by atoms with E-state index < -0.39 is 48.2 Å². The number of nitrogens with zero attached hydrogens (tertiary/aromatic N) is 1. The van der Waals surface area contributed by atoms with Gasteiger partial charge in [-0.3, -0.25) is 14.4 Å². The van der Waals surface area contributed by atoms with Gasteiger partial charge in [-0.1, -0.05) is 44.2 Å². The van der Waals surface area contributed by atoms with Crippen LogP contribution in [0.15, 0.2) is 30.3 Å². The normalized spacial score (nSPS) is 18.5. The van der Waals surface area contributed by atoms with E-state index >= 15 is 0 Å². The topological polar surface area (TPSA) is 137 Å². The van der Waals surface area contributed by atoms with Gasteiger partial charge in [0.05, 0.1) is 12.1 Å². The predicted octanol–water partition coefficient (Wildman–Crippen LogP) is 1.62. The minimum absolute atomic E-state index is 0.0765. The highest BCUT2D eigenvalue weighted by molar-refractivity contribution is 7.80. The average molecular weight is 537 g/mol. The SMILES string of the molecule is CC(C)CC(NC(=O)OCc1ccccc1)C(=O)N1CCCC1C(=O)NC(C)C(=O)NC(CS)C(C)O. The molecule has 206 valence electrons. The smallest absolute Gasteiger partial charge is 0.408 e. The minimum Gasteiger partial charge on any atom is -0.445 e. The van der Waals surface area contributed by atoms with Crippen LogP contribution >= 0.6 is 12.6 Å². The standard InChI is InChI=1S/C26H40N4O6S/c1-16(2)13-20(29-26(35)36-14-19-9-6-5-7-10-19)25(34)30-12-8-11-22(30)24(33)27-17(3)23(32)28-21(15-37)18(4)31/h5-7,9-10,16-18,20-22,31,37H,8,11-15H2,1-4H3,(H,27,33)(H,28,32)(H,29,35). The van der Waals surface area contributed by atoms with Crippen molar-refractivity contribution in [3.8, 4) is 0 Å². The number of carbonyl (C=O) groups excluding carboxylic acids is 4. The van der Waals surface area contributed by atoms with Gasteiger partial charge in [0.2, 0.25) is 17.7 Å². The molecular formula is C26H40N4O6S. The Morgan fingerprint density at radius 1 is 1.08 bits per heavy atom. The van der Waals surface area contributed by atoms with Crippen LogP contribution in [-0.4, -0.2) is 76.4 Å². The summed E-state index contributed by atoms with van der Waals surface area (Å²) in [7, 11) is 0. The van der Waals surface area contributed by atoms with E-state index in [-0.39, 0.29) is 24.2 Å². The van der Waals surface area contributed by atoms with Gasteiger partial charge in [0, 0.05) is 12.3 Å². The monoisotopic (exact) mass is 536 g/mol.